The number of hydrogen-bond acceptors (Lipinski definition) is 3. The van der Waals surface area contributed by atoms with Gasteiger partial charge in [0.2, 0.25) is 0 Å². The highest BCUT2D eigenvalue weighted by Crippen LogP contribution is 2.17. The van der Waals surface area contributed by atoms with E-state index in [0.717, 1.165) is 25.3 Å². The second-order valence-corrected chi connectivity index (χ2v) is 5.39. The summed E-state index contributed by atoms with van der Waals surface area (Å²) in [5, 5.41) is 9.46. The molecule has 1 heterocycles. The summed E-state index contributed by atoms with van der Waals surface area (Å²) in [4.78, 5) is 2.38. The van der Waals surface area contributed by atoms with Crippen molar-refractivity contribution in [3.05, 3.63) is 29.8 Å². The molecule has 0 aromatic heterocycles. The first-order valence-electron chi connectivity index (χ1n) is 7.34. The van der Waals surface area contributed by atoms with Gasteiger partial charge in [0, 0.05) is 12.6 Å². The lowest BCUT2D eigenvalue weighted by Crippen LogP contribution is -2.40. The van der Waals surface area contributed by atoms with Crippen LogP contribution in [0.25, 0.3) is 0 Å². The highest BCUT2D eigenvalue weighted by molar-refractivity contribution is 5.27. The molecule has 1 N–H and O–H groups in total. The van der Waals surface area contributed by atoms with E-state index in [1.165, 1.54) is 24.8 Å². The van der Waals surface area contributed by atoms with Crippen molar-refractivity contribution in [2.75, 3.05) is 26.3 Å². The molecule has 1 unspecified atom stereocenters. The Kier molecular flexibility index (Phi) is 5.67. The zero-order valence-electron chi connectivity index (χ0n) is 11.8. The van der Waals surface area contributed by atoms with Gasteiger partial charge >= 0.3 is 0 Å². The highest BCUT2D eigenvalue weighted by atomic mass is 16.5. The van der Waals surface area contributed by atoms with Crippen LogP contribution in [0.3, 0.4) is 0 Å². The Morgan fingerprint density at radius 1 is 1.32 bits per heavy atom. The molecule has 3 heteroatoms. The summed E-state index contributed by atoms with van der Waals surface area (Å²) in [5.41, 5.74) is 1.22. The Morgan fingerprint density at radius 2 is 2.21 bits per heavy atom. The van der Waals surface area contributed by atoms with Crippen molar-refractivity contribution in [3.63, 3.8) is 0 Å². The van der Waals surface area contributed by atoms with Crippen molar-refractivity contribution in [1.29, 1.82) is 0 Å². The number of likely N-dealkylation sites (tertiary alicyclic amines) is 1. The quantitative estimate of drug-likeness (QED) is 0.886. The molecule has 0 spiro atoms. The first-order chi connectivity index (χ1) is 9.29. The fourth-order valence-corrected chi connectivity index (χ4v) is 2.72. The fraction of sp³-hybridized carbons (Fsp3) is 0.625. The molecule has 3 nitrogen and oxygen atoms in total. The average molecular weight is 263 g/mol. The summed E-state index contributed by atoms with van der Waals surface area (Å²) in [5.74, 6) is 0.940. The van der Waals surface area contributed by atoms with Crippen molar-refractivity contribution >= 4 is 0 Å². The summed E-state index contributed by atoms with van der Waals surface area (Å²) in [7, 11) is 0. The van der Waals surface area contributed by atoms with Crippen molar-refractivity contribution in [2.45, 2.75) is 38.6 Å². The van der Waals surface area contributed by atoms with Crippen molar-refractivity contribution in [3.8, 4) is 5.75 Å². The maximum Gasteiger partial charge on any atom is 0.119 e. The summed E-state index contributed by atoms with van der Waals surface area (Å²) < 4.78 is 5.80. The lowest BCUT2D eigenvalue weighted by Gasteiger charge is -2.28. The predicted octanol–water partition coefficient (Wildman–Crippen LogP) is 2.61. The standard InChI is InChI=1S/C16H25NO2/c1-14-6-5-8-16(12-14)19-11-10-17-9-4-2-3-7-15(17)13-18/h5-6,8,12,15,18H,2-4,7,9-11,13H2,1H3. The molecule has 0 bridgehead atoms. The van der Waals surface area contributed by atoms with Crippen LogP contribution in [0.5, 0.6) is 5.75 Å². The van der Waals surface area contributed by atoms with Crippen molar-refractivity contribution < 1.29 is 9.84 Å². The molecule has 0 amide bonds. The van der Waals surface area contributed by atoms with Gasteiger partial charge in [0.25, 0.3) is 0 Å². The number of aliphatic hydroxyl groups excluding tert-OH is 1. The third kappa shape index (κ3) is 4.51. The van der Waals surface area contributed by atoms with E-state index in [2.05, 4.69) is 24.0 Å². The van der Waals surface area contributed by atoms with Crippen LogP contribution < -0.4 is 4.74 Å². The van der Waals surface area contributed by atoms with E-state index in [1.54, 1.807) is 0 Å². The summed E-state index contributed by atoms with van der Waals surface area (Å²) in [6.07, 6.45) is 4.87. The van der Waals surface area contributed by atoms with Crippen LogP contribution in [0.15, 0.2) is 24.3 Å². The molecule has 1 aromatic carbocycles. The van der Waals surface area contributed by atoms with Gasteiger partial charge in [0.15, 0.2) is 0 Å². The van der Waals surface area contributed by atoms with Crippen LogP contribution in [0.4, 0.5) is 0 Å². The van der Waals surface area contributed by atoms with Gasteiger partial charge in [-0.3, -0.25) is 4.90 Å². The van der Waals surface area contributed by atoms with Crippen LogP contribution in [0.2, 0.25) is 0 Å². The summed E-state index contributed by atoms with van der Waals surface area (Å²) >= 11 is 0. The molecule has 1 aromatic rings. The second kappa shape index (κ2) is 7.51. The first kappa shape index (κ1) is 14.4. The molecule has 1 aliphatic heterocycles. The molecule has 1 atom stereocenters. The Hall–Kier alpha value is -1.06. The Morgan fingerprint density at radius 3 is 3.00 bits per heavy atom. The second-order valence-electron chi connectivity index (χ2n) is 5.39. The van der Waals surface area contributed by atoms with E-state index >= 15 is 0 Å². The minimum atomic E-state index is 0.268. The van der Waals surface area contributed by atoms with E-state index in [0.29, 0.717) is 12.6 Å². The van der Waals surface area contributed by atoms with Gasteiger partial charge in [-0.2, -0.15) is 0 Å². The molecular weight excluding hydrogens is 238 g/mol. The van der Waals surface area contributed by atoms with E-state index in [-0.39, 0.29) is 6.61 Å². The molecule has 0 saturated carbocycles. The molecule has 0 aliphatic carbocycles. The number of benzene rings is 1. The lowest BCUT2D eigenvalue weighted by molar-refractivity contribution is 0.108. The van der Waals surface area contributed by atoms with Gasteiger partial charge in [0.05, 0.1) is 6.61 Å². The zero-order valence-corrected chi connectivity index (χ0v) is 11.8. The van der Waals surface area contributed by atoms with Crippen LogP contribution in [0.1, 0.15) is 31.2 Å². The van der Waals surface area contributed by atoms with E-state index in [4.69, 9.17) is 4.74 Å². The number of nitrogens with zero attached hydrogens (tertiary/aromatic N) is 1. The minimum Gasteiger partial charge on any atom is -0.492 e. The molecular formula is C16H25NO2. The van der Waals surface area contributed by atoms with Gasteiger partial charge in [-0.15, -0.1) is 0 Å². The Bertz CT molecular complexity index is 381. The number of aliphatic hydroxyl groups is 1. The van der Waals surface area contributed by atoms with Crippen molar-refractivity contribution in [1.82, 2.24) is 4.90 Å². The molecule has 1 fully saturated rings. The molecule has 2 rings (SSSR count). The van der Waals surface area contributed by atoms with E-state index < -0.39 is 0 Å². The van der Waals surface area contributed by atoms with Crippen molar-refractivity contribution in [2.24, 2.45) is 0 Å². The van der Waals surface area contributed by atoms with Gasteiger partial charge in [-0.1, -0.05) is 25.0 Å². The smallest absolute Gasteiger partial charge is 0.119 e. The number of ether oxygens (including phenoxy) is 1. The largest absolute Gasteiger partial charge is 0.492 e. The summed E-state index contributed by atoms with van der Waals surface area (Å²) in [6.45, 7) is 5.02. The first-order valence-corrected chi connectivity index (χ1v) is 7.34. The molecule has 19 heavy (non-hydrogen) atoms. The minimum absolute atomic E-state index is 0.268. The van der Waals surface area contributed by atoms with Crippen LogP contribution in [-0.2, 0) is 0 Å². The molecule has 1 saturated heterocycles. The summed E-state index contributed by atoms with van der Waals surface area (Å²) in [6, 6.07) is 8.48. The van der Waals surface area contributed by atoms with Crippen LogP contribution >= 0.6 is 0 Å². The fourth-order valence-electron chi connectivity index (χ4n) is 2.72. The van der Waals surface area contributed by atoms with Gasteiger partial charge < -0.3 is 9.84 Å². The maximum atomic E-state index is 9.46. The van der Waals surface area contributed by atoms with E-state index in [9.17, 15) is 5.11 Å². The maximum absolute atomic E-state index is 9.46. The highest BCUT2D eigenvalue weighted by Gasteiger charge is 2.19. The molecule has 106 valence electrons. The predicted molar refractivity (Wildman–Crippen MR) is 77.6 cm³/mol. The van der Waals surface area contributed by atoms with Crippen LogP contribution in [0, 0.1) is 6.92 Å². The average Bonchev–Trinajstić information content (AvgIpc) is 2.64. The zero-order chi connectivity index (χ0) is 13.5. The third-order valence-electron chi connectivity index (χ3n) is 3.85. The SMILES string of the molecule is Cc1cccc(OCCN2CCCCCC2CO)c1. The topological polar surface area (TPSA) is 32.7 Å². The monoisotopic (exact) mass is 263 g/mol. The molecule has 1 aliphatic rings. The third-order valence-corrected chi connectivity index (χ3v) is 3.85. The lowest BCUT2D eigenvalue weighted by atomic mass is 10.1. The normalized spacial score (nSPS) is 21.1. The Balaban J connectivity index is 1.80. The Labute approximate surface area is 116 Å². The number of hydrogen-bond donors (Lipinski definition) is 1. The van der Waals surface area contributed by atoms with Gasteiger partial charge in [-0.25, -0.2) is 0 Å². The number of rotatable bonds is 5. The van der Waals surface area contributed by atoms with Gasteiger partial charge in [0.1, 0.15) is 12.4 Å². The van der Waals surface area contributed by atoms with Gasteiger partial charge in [-0.05, 0) is 44.0 Å². The molecule has 0 radical (unpaired) electrons. The van der Waals surface area contributed by atoms with Crippen LogP contribution in [-0.4, -0.2) is 42.4 Å². The van der Waals surface area contributed by atoms with E-state index in [1.807, 2.05) is 12.1 Å². The number of aryl methyl sites for hydroxylation is 1.